The highest BCUT2D eigenvalue weighted by Gasteiger charge is 2.24. The Labute approximate surface area is 208 Å². The molecule has 0 fully saturated rings. The van der Waals surface area contributed by atoms with E-state index < -0.39 is 6.04 Å². The minimum Gasteiger partial charge on any atom is -0.491 e. The van der Waals surface area contributed by atoms with Crippen molar-refractivity contribution in [3.63, 3.8) is 0 Å². The summed E-state index contributed by atoms with van der Waals surface area (Å²) in [4.78, 5) is 26.4. The average Bonchev–Trinajstić information content (AvgIpc) is 2.81. The lowest BCUT2D eigenvalue weighted by atomic mass is 9.92. The van der Waals surface area contributed by atoms with Gasteiger partial charge in [0, 0.05) is 29.4 Å². The molecule has 3 aromatic rings. The van der Waals surface area contributed by atoms with Crippen molar-refractivity contribution in [1.29, 1.82) is 0 Å². The molecule has 0 aliphatic carbocycles. The van der Waals surface area contributed by atoms with Gasteiger partial charge in [-0.05, 0) is 60.2 Å². The largest absolute Gasteiger partial charge is 0.491 e. The topological polar surface area (TPSA) is 111 Å². The van der Waals surface area contributed by atoms with Gasteiger partial charge in [0.15, 0.2) is 0 Å². The second kappa shape index (κ2) is 10.3. The van der Waals surface area contributed by atoms with Gasteiger partial charge in [0.2, 0.25) is 5.91 Å². The van der Waals surface area contributed by atoms with Gasteiger partial charge in [-0.1, -0.05) is 31.5 Å². The number of rotatable bonds is 5. The van der Waals surface area contributed by atoms with E-state index in [1.165, 1.54) is 10.6 Å². The van der Waals surface area contributed by atoms with Crippen LogP contribution in [0.4, 0.5) is 17.1 Å². The molecule has 0 radical (unpaired) electrons. The highest BCUT2D eigenvalue weighted by molar-refractivity contribution is 6.30. The Hall–Kier alpha value is -3.65. The highest BCUT2D eigenvalue weighted by Crippen LogP contribution is 2.37. The summed E-state index contributed by atoms with van der Waals surface area (Å²) < 4.78 is 7.53. The number of nitrogens with one attached hydrogen (secondary N) is 1. The van der Waals surface area contributed by atoms with E-state index in [0.717, 1.165) is 17.5 Å². The molecule has 9 heteroatoms. The molecule has 182 valence electrons. The van der Waals surface area contributed by atoms with E-state index in [2.05, 4.69) is 22.5 Å². The molecule has 4 rings (SSSR count). The minimum absolute atomic E-state index is 0.273. The van der Waals surface area contributed by atoms with E-state index in [1.807, 2.05) is 25.1 Å². The zero-order valence-corrected chi connectivity index (χ0v) is 20.7. The summed E-state index contributed by atoms with van der Waals surface area (Å²) in [5, 5.41) is 11.1. The Morgan fingerprint density at radius 3 is 2.77 bits per heavy atom. The summed E-state index contributed by atoms with van der Waals surface area (Å²) in [6, 6.07) is 11.5. The fourth-order valence-corrected chi connectivity index (χ4v) is 4.48. The first-order valence-electron chi connectivity index (χ1n) is 11.5. The number of nitrogens with zero attached hydrogens (tertiary/aromatic N) is 3. The zero-order valence-electron chi connectivity index (χ0n) is 19.9. The van der Waals surface area contributed by atoms with Crippen LogP contribution in [0.1, 0.15) is 31.9 Å². The third kappa shape index (κ3) is 5.22. The van der Waals surface area contributed by atoms with E-state index >= 15 is 0 Å². The average molecular weight is 494 g/mol. The molecule has 8 nitrogen and oxygen atoms in total. The second-order valence-corrected chi connectivity index (χ2v) is 9.14. The van der Waals surface area contributed by atoms with Crippen molar-refractivity contribution < 1.29 is 9.53 Å². The number of anilines is 2. The van der Waals surface area contributed by atoms with Crippen LogP contribution >= 0.6 is 11.6 Å². The molecule has 35 heavy (non-hydrogen) atoms. The molecular formula is C26H28ClN5O3. The molecule has 1 aliphatic rings. The monoisotopic (exact) mass is 493 g/mol. The molecular weight excluding hydrogens is 466 g/mol. The number of halogens is 1. The van der Waals surface area contributed by atoms with Crippen LogP contribution in [-0.4, -0.2) is 24.1 Å². The Balaban J connectivity index is 1.70. The van der Waals surface area contributed by atoms with E-state index in [9.17, 15) is 9.59 Å². The molecule has 2 unspecified atom stereocenters. The number of nitrogen functional groups attached to an aromatic ring is 1. The van der Waals surface area contributed by atoms with Crippen LogP contribution in [0.15, 0.2) is 63.7 Å². The van der Waals surface area contributed by atoms with Crippen molar-refractivity contribution in [3.05, 3.63) is 69.6 Å². The standard InChI is InChI=1S/C26H28ClN5O3/c1-4-23(26(34)30-18-7-8-22(31-29-3)21(28)11-18)32-13-24-20(12-25(32)33)19-10-17(27)6-5-16(19)9-15(2)14-35-24/h5-8,10-13,15,23H,4,9,14,28H2,1-3H3,(H,30,34). The van der Waals surface area contributed by atoms with Crippen LogP contribution < -0.4 is 21.3 Å². The molecule has 1 aromatic heterocycles. The normalized spacial score (nSPS) is 15.9. The maximum atomic E-state index is 13.2. The molecule has 2 atom stereocenters. The number of hydrogen-bond acceptors (Lipinski definition) is 6. The van der Waals surface area contributed by atoms with Gasteiger partial charge in [-0.2, -0.15) is 10.2 Å². The van der Waals surface area contributed by atoms with E-state index in [-0.39, 0.29) is 17.4 Å². The number of pyridine rings is 1. The third-order valence-electron chi connectivity index (χ3n) is 6.03. The lowest BCUT2D eigenvalue weighted by molar-refractivity contribution is -0.119. The number of benzene rings is 2. The van der Waals surface area contributed by atoms with E-state index in [1.54, 1.807) is 31.4 Å². The maximum Gasteiger partial charge on any atom is 0.252 e. The second-order valence-electron chi connectivity index (χ2n) is 8.71. The van der Waals surface area contributed by atoms with Gasteiger partial charge >= 0.3 is 0 Å². The Morgan fingerprint density at radius 2 is 2.06 bits per heavy atom. The quantitative estimate of drug-likeness (QED) is 0.354. The van der Waals surface area contributed by atoms with Crippen LogP contribution in [0.25, 0.3) is 11.1 Å². The summed E-state index contributed by atoms with van der Waals surface area (Å²) in [7, 11) is 1.55. The van der Waals surface area contributed by atoms with Crippen molar-refractivity contribution >= 4 is 34.6 Å². The third-order valence-corrected chi connectivity index (χ3v) is 6.26. The molecule has 0 saturated heterocycles. The number of amides is 1. The molecule has 1 amide bonds. The Kier molecular flexibility index (Phi) is 7.21. The molecule has 0 saturated carbocycles. The zero-order chi connectivity index (χ0) is 25.1. The number of carbonyl (C=O) groups is 1. The number of nitrogens with two attached hydrogens (primary N) is 1. The fraction of sp³-hybridized carbons (Fsp3) is 0.308. The summed E-state index contributed by atoms with van der Waals surface area (Å²) in [5.41, 5.74) is 9.78. The summed E-state index contributed by atoms with van der Waals surface area (Å²) in [5.74, 6) is 0.486. The highest BCUT2D eigenvalue weighted by atomic mass is 35.5. The lowest BCUT2D eigenvalue weighted by Crippen LogP contribution is -2.33. The molecule has 0 spiro atoms. The predicted molar refractivity (Wildman–Crippen MR) is 139 cm³/mol. The molecule has 2 aromatic carbocycles. The number of fused-ring (bicyclic) bond motifs is 3. The van der Waals surface area contributed by atoms with E-state index in [4.69, 9.17) is 22.1 Å². The summed E-state index contributed by atoms with van der Waals surface area (Å²) in [6.45, 7) is 4.46. The van der Waals surface area contributed by atoms with Crippen LogP contribution in [0, 0.1) is 5.92 Å². The summed E-state index contributed by atoms with van der Waals surface area (Å²) >= 11 is 6.28. The molecule has 1 aliphatic heterocycles. The minimum atomic E-state index is -0.741. The van der Waals surface area contributed by atoms with Gasteiger partial charge in [-0.15, -0.1) is 0 Å². The van der Waals surface area contributed by atoms with Crippen LogP contribution in [0.3, 0.4) is 0 Å². The van der Waals surface area contributed by atoms with Crippen molar-refractivity contribution in [2.75, 3.05) is 24.7 Å². The van der Waals surface area contributed by atoms with Gasteiger partial charge in [0.1, 0.15) is 17.5 Å². The number of carbonyl (C=O) groups excluding carboxylic acids is 1. The van der Waals surface area contributed by atoms with Gasteiger partial charge in [0.25, 0.3) is 5.56 Å². The number of hydrogen-bond donors (Lipinski definition) is 2. The summed E-state index contributed by atoms with van der Waals surface area (Å²) in [6.07, 6.45) is 2.85. The Bertz CT molecular complexity index is 1350. The van der Waals surface area contributed by atoms with Crippen molar-refractivity contribution in [1.82, 2.24) is 4.57 Å². The number of ether oxygens (including phenoxy) is 1. The van der Waals surface area contributed by atoms with Crippen molar-refractivity contribution in [2.45, 2.75) is 32.7 Å². The predicted octanol–water partition coefficient (Wildman–Crippen LogP) is 5.63. The number of azo groups is 1. The van der Waals surface area contributed by atoms with Gasteiger partial charge in [-0.25, -0.2) is 0 Å². The van der Waals surface area contributed by atoms with Crippen LogP contribution in [0.5, 0.6) is 5.75 Å². The first kappa shape index (κ1) is 24.5. The first-order valence-corrected chi connectivity index (χ1v) is 11.9. The van der Waals surface area contributed by atoms with Crippen molar-refractivity contribution in [2.24, 2.45) is 16.1 Å². The number of aromatic nitrogens is 1. The molecule has 2 heterocycles. The molecule has 0 bridgehead atoms. The maximum absolute atomic E-state index is 13.2. The molecule has 3 N–H and O–H groups in total. The lowest BCUT2D eigenvalue weighted by Gasteiger charge is -2.25. The van der Waals surface area contributed by atoms with E-state index in [0.29, 0.717) is 46.4 Å². The van der Waals surface area contributed by atoms with Gasteiger partial charge in [0.05, 0.1) is 18.5 Å². The first-order chi connectivity index (χ1) is 16.8. The van der Waals surface area contributed by atoms with Crippen molar-refractivity contribution in [3.8, 4) is 16.9 Å². The van der Waals surface area contributed by atoms with Gasteiger partial charge < -0.3 is 15.8 Å². The fourth-order valence-electron chi connectivity index (χ4n) is 4.31. The SMILES string of the molecule is CCC(C(=O)Nc1ccc(N=NC)c(N)c1)n1cc2c(cc1=O)-c1cc(Cl)ccc1CC(C)CO2. The Morgan fingerprint density at radius 1 is 1.26 bits per heavy atom. The smallest absolute Gasteiger partial charge is 0.252 e. The van der Waals surface area contributed by atoms with Crippen LogP contribution in [0.2, 0.25) is 5.02 Å². The van der Waals surface area contributed by atoms with Crippen LogP contribution in [-0.2, 0) is 11.2 Å². The van der Waals surface area contributed by atoms with Gasteiger partial charge in [-0.3, -0.25) is 14.2 Å².